The van der Waals surface area contributed by atoms with E-state index in [-0.39, 0.29) is 15.8 Å². The third-order valence-electron chi connectivity index (χ3n) is 4.68. The molecule has 0 aliphatic rings. The minimum absolute atomic E-state index is 0.166. The molecule has 2 aromatic rings. The van der Waals surface area contributed by atoms with Gasteiger partial charge in [0.1, 0.15) is 0 Å². The molecule has 0 nitrogen and oxygen atoms in total. The molecule has 0 saturated heterocycles. The molecule has 0 unspecified atom stereocenters. The van der Waals surface area contributed by atoms with Crippen molar-refractivity contribution in [2.45, 2.75) is 40.0 Å². The lowest BCUT2D eigenvalue weighted by Crippen LogP contribution is -1.94. The van der Waals surface area contributed by atoms with Crippen LogP contribution in [0.1, 0.15) is 38.8 Å². The van der Waals surface area contributed by atoms with Crippen LogP contribution in [0.25, 0.3) is 10.8 Å². The van der Waals surface area contributed by atoms with Crippen LogP contribution in [0.15, 0.2) is 36.4 Å². The first kappa shape index (κ1) is 17.9. The van der Waals surface area contributed by atoms with Crippen LogP contribution in [0.4, 0.5) is 0 Å². The predicted octanol–water partition coefficient (Wildman–Crippen LogP) is 6.88. The molecule has 0 fully saturated rings. The van der Waals surface area contributed by atoms with Gasteiger partial charge in [-0.2, -0.15) is 0 Å². The fraction of sp³-hybridized carbons (Fsp3) is 0.500. The van der Waals surface area contributed by atoms with Crippen LogP contribution in [0.3, 0.4) is 0 Å². The SMILES string of the molecule is CCP(CC)Cc1cccc2c(CP(CC)CC)cccc12. The maximum absolute atomic E-state index is 2.36. The van der Waals surface area contributed by atoms with Crippen LogP contribution in [0.2, 0.25) is 0 Å². The summed E-state index contributed by atoms with van der Waals surface area (Å²) in [5, 5.41) is 3.02. The molecule has 0 bridgehead atoms. The van der Waals surface area contributed by atoms with Gasteiger partial charge in [-0.15, -0.1) is 15.8 Å². The number of hydrogen-bond donors (Lipinski definition) is 0. The summed E-state index contributed by atoms with van der Waals surface area (Å²) in [7, 11) is 0.332. The summed E-state index contributed by atoms with van der Waals surface area (Å²) in [5.74, 6) is 0. The molecule has 0 heterocycles. The molecule has 0 saturated carbocycles. The van der Waals surface area contributed by atoms with Crippen molar-refractivity contribution in [3.8, 4) is 0 Å². The van der Waals surface area contributed by atoms with Crippen molar-refractivity contribution in [3.05, 3.63) is 47.5 Å². The van der Waals surface area contributed by atoms with Gasteiger partial charge < -0.3 is 0 Å². The smallest absolute Gasteiger partial charge is 0.00671 e. The molecule has 0 spiro atoms. The van der Waals surface area contributed by atoms with Gasteiger partial charge in [0, 0.05) is 0 Å². The Morgan fingerprint density at radius 3 is 1.27 bits per heavy atom. The monoisotopic (exact) mass is 332 g/mol. The average molecular weight is 332 g/mol. The predicted molar refractivity (Wildman–Crippen MR) is 107 cm³/mol. The van der Waals surface area contributed by atoms with Crippen molar-refractivity contribution in [2.24, 2.45) is 0 Å². The van der Waals surface area contributed by atoms with Gasteiger partial charge in [0.25, 0.3) is 0 Å². The highest BCUT2D eigenvalue weighted by Crippen LogP contribution is 2.43. The van der Waals surface area contributed by atoms with E-state index < -0.39 is 0 Å². The fourth-order valence-corrected chi connectivity index (χ4v) is 6.40. The molecule has 120 valence electrons. The minimum atomic E-state index is 0.166. The molecule has 0 amide bonds. The molecule has 0 aromatic heterocycles. The van der Waals surface area contributed by atoms with Crippen LogP contribution < -0.4 is 0 Å². The lowest BCUT2D eigenvalue weighted by molar-refractivity contribution is 1.31. The molecule has 22 heavy (non-hydrogen) atoms. The van der Waals surface area contributed by atoms with Gasteiger partial charge in [-0.3, -0.25) is 0 Å². The summed E-state index contributed by atoms with van der Waals surface area (Å²) >= 11 is 0. The van der Waals surface area contributed by atoms with Crippen molar-refractivity contribution < 1.29 is 0 Å². The normalized spacial score (nSPS) is 11.7. The summed E-state index contributed by atoms with van der Waals surface area (Å²) in [6, 6.07) is 13.9. The van der Waals surface area contributed by atoms with Crippen LogP contribution in [-0.2, 0) is 12.3 Å². The molecule has 0 aliphatic carbocycles. The standard InChI is InChI=1S/C20H30P2/c1-5-21(6-2)15-17-11-9-14-20-18(12-10-13-19(17)20)16-22(7-3)8-4/h9-14H,5-8,15-16H2,1-4H3. The Morgan fingerprint density at radius 1 is 0.591 bits per heavy atom. The Morgan fingerprint density at radius 2 is 0.955 bits per heavy atom. The van der Waals surface area contributed by atoms with Gasteiger partial charge in [-0.25, -0.2) is 0 Å². The minimum Gasteiger partial charge on any atom is -0.103 e. The molecule has 0 atom stereocenters. The highest BCUT2D eigenvalue weighted by atomic mass is 31.1. The van der Waals surface area contributed by atoms with Crippen molar-refractivity contribution in [3.63, 3.8) is 0 Å². The lowest BCUT2D eigenvalue weighted by Gasteiger charge is -2.18. The van der Waals surface area contributed by atoms with Gasteiger partial charge in [-0.05, 0) is 58.9 Å². The zero-order valence-electron chi connectivity index (χ0n) is 14.6. The molecule has 0 radical (unpaired) electrons. The Balaban J connectivity index is 2.37. The second-order valence-electron chi connectivity index (χ2n) is 5.85. The number of hydrogen-bond acceptors (Lipinski definition) is 0. The fourth-order valence-electron chi connectivity index (χ4n) is 3.09. The zero-order valence-corrected chi connectivity index (χ0v) is 16.4. The molecule has 0 N–H and O–H groups in total. The maximum atomic E-state index is 2.36. The van der Waals surface area contributed by atoms with Crippen LogP contribution >= 0.6 is 15.8 Å². The van der Waals surface area contributed by atoms with Gasteiger partial charge in [0.15, 0.2) is 0 Å². The first-order chi connectivity index (χ1) is 10.7. The third-order valence-corrected chi connectivity index (χ3v) is 9.83. The molecular weight excluding hydrogens is 302 g/mol. The highest BCUT2D eigenvalue weighted by Gasteiger charge is 2.11. The largest absolute Gasteiger partial charge is 0.103 e. The van der Waals surface area contributed by atoms with E-state index in [1.54, 1.807) is 11.1 Å². The van der Waals surface area contributed by atoms with E-state index in [4.69, 9.17) is 0 Å². The lowest BCUT2D eigenvalue weighted by atomic mass is 10.0. The van der Waals surface area contributed by atoms with Gasteiger partial charge in [0.2, 0.25) is 0 Å². The Hall–Kier alpha value is -0.440. The zero-order chi connectivity index (χ0) is 15.9. The molecule has 2 rings (SSSR count). The summed E-state index contributed by atoms with van der Waals surface area (Å²) in [6.45, 7) is 9.39. The Labute approximate surface area is 139 Å². The highest BCUT2D eigenvalue weighted by molar-refractivity contribution is 7.57. The van der Waals surface area contributed by atoms with Crippen LogP contribution in [-0.4, -0.2) is 24.6 Å². The summed E-state index contributed by atoms with van der Waals surface area (Å²) < 4.78 is 0. The van der Waals surface area contributed by atoms with E-state index in [1.807, 2.05) is 0 Å². The van der Waals surface area contributed by atoms with E-state index in [0.717, 1.165) is 0 Å². The van der Waals surface area contributed by atoms with Gasteiger partial charge in [-0.1, -0.05) is 64.1 Å². The van der Waals surface area contributed by atoms with E-state index in [9.17, 15) is 0 Å². The van der Waals surface area contributed by atoms with E-state index in [0.29, 0.717) is 0 Å². The topological polar surface area (TPSA) is 0 Å². The van der Waals surface area contributed by atoms with Gasteiger partial charge in [0.05, 0.1) is 0 Å². The number of fused-ring (bicyclic) bond motifs is 1. The molecule has 2 aromatic carbocycles. The first-order valence-corrected chi connectivity index (χ1v) is 12.5. The molecular formula is C20H30P2. The average Bonchev–Trinajstić information content (AvgIpc) is 2.57. The molecule has 2 heteroatoms. The van der Waals surface area contributed by atoms with E-state index >= 15 is 0 Å². The van der Waals surface area contributed by atoms with Crippen LogP contribution in [0, 0.1) is 0 Å². The van der Waals surface area contributed by atoms with Crippen molar-refractivity contribution in [1.29, 1.82) is 0 Å². The quantitative estimate of drug-likeness (QED) is 0.462. The van der Waals surface area contributed by atoms with E-state index in [2.05, 4.69) is 64.1 Å². The third kappa shape index (κ3) is 4.31. The number of rotatable bonds is 8. The van der Waals surface area contributed by atoms with Crippen molar-refractivity contribution in [1.82, 2.24) is 0 Å². The number of benzene rings is 2. The summed E-state index contributed by atoms with van der Waals surface area (Å²) in [4.78, 5) is 0. The second-order valence-corrected chi connectivity index (χ2v) is 11.7. The van der Waals surface area contributed by atoms with Gasteiger partial charge >= 0.3 is 0 Å². The van der Waals surface area contributed by atoms with Crippen LogP contribution in [0.5, 0.6) is 0 Å². The van der Waals surface area contributed by atoms with Crippen molar-refractivity contribution in [2.75, 3.05) is 24.6 Å². The summed E-state index contributed by atoms with van der Waals surface area (Å²) in [5.41, 5.74) is 3.15. The Kier molecular flexibility index (Phi) is 7.33. The van der Waals surface area contributed by atoms with Crippen molar-refractivity contribution >= 4 is 26.6 Å². The molecule has 0 aliphatic heterocycles. The second kappa shape index (κ2) is 9.00. The Bertz CT molecular complexity index is 530. The summed E-state index contributed by atoms with van der Waals surface area (Å²) in [6.07, 6.45) is 7.97. The first-order valence-electron chi connectivity index (χ1n) is 8.67. The maximum Gasteiger partial charge on any atom is -0.00671 e. The van der Waals surface area contributed by atoms with E-state index in [1.165, 1.54) is 47.7 Å².